The fourth-order valence-corrected chi connectivity index (χ4v) is 3.75. The lowest BCUT2D eigenvalue weighted by Crippen LogP contribution is -2.36. The molecule has 0 spiro atoms. The van der Waals surface area contributed by atoms with Gasteiger partial charge in [-0.1, -0.05) is 0 Å². The molecule has 1 fully saturated rings. The quantitative estimate of drug-likeness (QED) is 0.411. The van der Waals surface area contributed by atoms with E-state index in [1.165, 1.54) is 5.69 Å². The normalized spacial score (nSPS) is 14.0. The predicted molar refractivity (Wildman–Crippen MR) is 125 cm³/mol. The third-order valence-corrected chi connectivity index (χ3v) is 5.36. The van der Waals surface area contributed by atoms with Crippen LogP contribution in [0.1, 0.15) is 0 Å². The number of anilines is 4. The van der Waals surface area contributed by atoms with Gasteiger partial charge in [-0.25, -0.2) is 9.97 Å². The van der Waals surface area contributed by atoms with Crippen LogP contribution in [-0.2, 0) is 4.74 Å². The van der Waals surface area contributed by atoms with Crippen LogP contribution in [0.5, 0.6) is 0 Å². The van der Waals surface area contributed by atoms with E-state index in [1.54, 1.807) is 18.6 Å². The highest BCUT2D eigenvalue weighted by Gasteiger charge is 2.13. The highest BCUT2D eigenvalue weighted by molar-refractivity contribution is 5.74. The zero-order chi connectivity index (χ0) is 21.8. The molecular weight excluding hydrogens is 406 g/mol. The number of fused-ring (bicyclic) bond motifs is 1. The van der Waals surface area contributed by atoms with Crippen molar-refractivity contribution in [2.24, 2.45) is 0 Å². The van der Waals surface area contributed by atoms with E-state index in [0.717, 1.165) is 54.6 Å². The van der Waals surface area contributed by atoms with Crippen LogP contribution in [0.25, 0.3) is 16.9 Å². The Morgan fingerprint density at radius 3 is 2.72 bits per heavy atom. The van der Waals surface area contributed by atoms with Gasteiger partial charge in [0.25, 0.3) is 0 Å². The van der Waals surface area contributed by atoms with Gasteiger partial charge in [0.15, 0.2) is 11.5 Å². The molecule has 4 aromatic rings. The number of nitrogens with zero attached hydrogens (tertiary/aromatic N) is 5. The lowest BCUT2D eigenvalue weighted by atomic mass is 10.2. The van der Waals surface area contributed by atoms with E-state index in [2.05, 4.69) is 49.8 Å². The zero-order valence-electron chi connectivity index (χ0n) is 17.6. The number of ether oxygens (including phenoxy) is 1. The van der Waals surface area contributed by atoms with Gasteiger partial charge in [0.05, 0.1) is 31.2 Å². The van der Waals surface area contributed by atoms with E-state index >= 15 is 0 Å². The van der Waals surface area contributed by atoms with Crippen LogP contribution in [0.3, 0.4) is 0 Å². The lowest BCUT2D eigenvalue weighted by Gasteiger charge is -2.28. The van der Waals surface area contributed by atoms with Crippen molar-refractivity contribution in [2.75, 3.05) is 55.0 Å². The largest absolute Gasteiger partial charge is 0.395 e. The molecule has 0 radical (unpaired) electrons. The SMILES string of the molecule is OCCNc1cncc(-c2cn3ccnc3c(Nc3ccc(N4CCOCC4)cc3)n2)c1. The highest BCUT2D eigenvalue weighted by Crippen LogP contribution is 2.27. The van der Waals surface area contributed by atoms with Crippen LogP contribution >= 0.6 is 0 Å². The maximum atomic E-state index is 9.05. The molecule has 164 valence electrons. The number of hydrogen-bond donors (Lipinski definition) is 3. The number of aromatic nitrogens is 4. The Balaban J connectivity index is 1.42. The van der Waals surface area contributed by atoms with E-state index in [0.29, 0.717) is 12.4 Å². The summed E-state index contributed by atoms with van der Waals surface area (Å²) in [5.41, 5.74) is 5.33. The molecule has 9 nitrogen and oxygen atoms in total. The van der Waals surface area contributed by atoms with Gasteiger partial charge < -0.3 is 29.8 Å². The van der Waals surface area contributed by atoms with Gasteiger partial charge in [0.1, 0.15) is 0 Å². The molecule has 0 unspecified atom stereocenters. The zero-order valence-corrected chi connectivity index (χ0v) is 17.6. The molecule has 0 saturated carbocycles. The fraction of sp³-hybridized carbons (Fsp3) is 0.261. The molecule has 1 aromatic carbocycles. The van der Waals surface area contributed by atoms with Crippen LogP contribution in [0, 0.1) is 0 Å². The summed E-state index contributed by atoms with van der Waals surface area (Å²) < 4.78 is 7.39. The Morgan fingerprint density at radius 1 is 1.06 bits per heavy atom. The van der Waals surface area contributed by atoms with E-state index < -0.39 is 0 Å². The molecule has 0 aliphatic carbocycles. The summed E-state index contributed by atoms with van der Waals surface area (Å²) in [5, 5.41) is 15.6. The Hall–Kier alpha value is -3.69. The summed E-state index contributed by atoms with van der Waals surface area (Å²) in [4.78, 5) is 15.9. The van der Waals surface area contributed by atoms with Gasteiger partial charge >= 0.3 is 0 Å². The van der Waals surface area contributed by atoms with Gasteiger partial charge in [-0.05, 0) is 30.3 Å². The van der Waals surface area contributed by atoms with Gasteiger partial charge in [-0.15, -0.1) is 0 Å². The smallest absolute Gasteiger partial charge is 0.180 e. The lowest BCUT2D eigenvalue weighted by molar-refractivity contribution is 0.122. The number of hydrogen-bond acceptors (Lipinski definition) is 8. The second kappa shape index (κ2) is 9.21. The number of rotatable bonds is 7. The first kappa shape index (κ1) is 20.2. The van der Waals surface area contributed by atoms with Crippen molar-refractivity contribution in [3.05, 3.63) is 61.3 Å². The van der Waals surface area contributed by atoms with Gasteiger partial charge in [0, 0.05) is 67.6 Å². The minimum atomic E-state index is 0.0574. The molecule has 0 atom stereocenters. The number of nitrogens with one attached hydrogen (secondary N) is 2. The van der Waals surface area contributed by atoms with Crippen LogP contribution in [0.2, 0.25) is 0 Å². The number of morpholine rings is 1. The summed E-state index contributed by atoms with van der Waals surface area (Å²) in [6, 6.07) is 10.3. The number of aliphatic hydroxyl groups is 1. The molecule has 0 amide bonds. The first-order chi connectivity index (χ1) is 15.8. The van der Waals surface area contributed by atoms with Gasteiger partial charge in [0.2, 0.25) is 0 Å². The first-order valence-electron chi connectivity index (χ1n) is 10.6. The van der Waals surface area contributed by atoms with Gasteiger partial charge in [-0.3, -0.25) is 4.98 Å². The third-order valence-electron chi connectivity index (χ3n) is 5.36. The minimum Gasteiger partial charge on any atom is -0.395 e. The van der Waals surface area contributed by atoms with Crippen molar-refractivity contribution in [3.8, 4) is 11.3 Å². The van der Waals surface area contributed by atoms with Crippen LogP contribution < -0.4 is 15.5 Å². The van der Waals surface area contributed by atoms with Crippen LogP contribution in [0.15, 0.2) is 61.3 Å². The molecule has 3 aromatic heterocycles. The molecule has 0 bridgehead atoms. The monoisotopic (exact) mass is 431 g/mol. The average Bonchev–Trinajstić information content (AvgIpc) is 3.33. The van der Waals surface area contributed by atoms with Crippen molar-refractivity contribution < 1.29 is 9.84 Å². The Kier molecular flexibility index (Phi) is 5.82. The first-order valence-corrected chi connectivity index (χ1v) is 10.6. The molecule has 5 rings (SSSR count). The second-order valence-electron chi connectivity index (χ2n) is 7.52. The summed E-state index contributed by atoms with van der Waals surface area (Å²) in [6.45, 7) is 3.87. The van der Waals surface area contributed by atoms with Crippen molar-refractivity contribution in [1.82, 2.24) is 19.4 Å². The Labute approximate surface area is 185 Å². The van der Waals surface area contributed by atoms with E-state index in [9.17, 15) is 0 Å². The van der Waals surface area contributed by atoms with E-state index in [4.69, 9.17) is 14.8 Å². The van der Waals surface area contributed by atoms with Crippen molar-refractivity contribution >= 4 is 28.5 Å². The highest BCUT2D eigenvalue weighted by atomic mass is 16.5. The van der Waals surface area contributed by atoms with E-state index in [-0.39, 0.29) is 6.61 Å². The standard InChI is InChI=1S/C23H25N7O2/c31-10-6-25-19-13-17(14-24-15-19)21-16-30-7-5-26-23(30)22(28-21)27-18-1-3-20(4-2-18)29-8-11-32-12-9-29/h1-5,7,13-16,25,31H,6,8-12H2,(H,27,28). The van der Waals surface area contributed by atoms with Crippen molar-refractivity contribution in [3.63, 3.8) is 0 Å². The van der Waals surface area contributed by atoms with Crippen LogP contribution in [0.4, 0.5) is 22.9 Å². The summed E-state index contributed by atoms with van der Waals surface area (Å²) in [7, 11) is 0. The predicted octanol–water partition coefficient (Wildman–Crippen LogP) is 2.78. The summed E-state index contributed by atoms with van der Waals surface area (Å²) in [6.07, 6.45) is 9.08. The molecular formula is C23H25N7O2. The summed E-state index contributed by atoms with van der Waals surface area (Å²) >= 11 is 0. The molecule has 9 heteroatoms. The molecule has 1 saturated heterocycles. The van der Waals surface area contributed by atoms with Crippen LogP contribution in [-0.4, -0.2) is 63.9 Å². The van der Waals surface area contributed by atoms with Crippen molar-refractivity contribution in [2.45, 2.75) is 0 Å². The maximum absolute atomic E-state index is 9.05. The number of benzene rings is 1. The third kappa shape index (κ3) is 4.34. The number of aliphatic hydroxyl groups excluding tert-OH is 1. The fourth-order valence-electron chi connectivity index (χ4n) is 3.75. The molecule has 1 aliphatic rings. The maximum Gasteiger partial charge on any atom is 0.180 e. The Morgan fingerprint density at radius 2 is 1.91 bits per heavy atom. The minimum absolute atomic E-state index is 0.0574. The molecule has 32 heavy (non-hydrogen) atoms. The Bertz CT molecular complexity index is 1190. The topological polar surface area (TPSA) is 99.8 Å². The average molecular weight is 432 g/mol. The van der Waals surface area contributed by atoms with Crippen molar-refractivity contribution in [1.29, 1.82) is 0 Å². The number of imidazole rings is 1. The summed E-state index contributed by atoms with van der Waals surface area (Å²) in [5.74, 6) is 0.667. The molecule has 3 N–H and O–H groups in total. The van der Waals surface area contributed by atoms with E-state index in [1.807, 2.05) is 22.9 Å². The van der Waals surface area contributed by atoms with Gasteiger partial charge in [-0.2, -0.15) is 0 Å². The number of pyridine rings is 1. The molecule has 1 aliphatic heterocycles. The second-order valence-corrected chi connectivity index (χ2v) is 7.52. The molecule has 4 heterocycles.